The van der Waals surface area contributed by atoms with Gasteiger partial charge in [-0.15, -0.1) is 0 Å². The van der Waals surface area contributed by atoms with Crippen LogP contribution in [0.15, 0.2) is 17.0 Å². The fraction of sp³-hybridized carbons (Fsp3) is 0.600. The van der Waals surface area contributed by atoms with Crippen molar-refractivity contribution in [1.29, 1.82) is 0 Å². The van der Waals surface area contributed by atoms with Crippen LogP contribution in [0.4, 0.5) is 0 Å². The Kier molecular flexibility index (Phi) is 5.74. The summed E-state index contributed by atoms with van der Waals surface area (Å²) in [6.07, 6.45) is 1.77. The lowest BCUT2D eigenvalue weighted by molar-refractivity contribution is 0.281. The fourth-order valence-corrected chi connectivity index (χ4v) is 3.99. The van der Waals surface area contributed by atoms with E-state index in [9.17, 15) is 13.5 Å². The van der Waals surface area contributed by atoms with E-state index in [0.717, 1.165) is 24.0 Å². The second-order valence-electron chi connectivity index (χ2n) is 5.35. The van der Waals surface area contributed by atoms with Crippen LogP contribution in [0.1, 0.15) is 43.4 Å². The van der Waals surface area contributed by atoms with E-state index in [4.69, 9.17) is 0 Å². The summed E-state index contributed by atoms with van der Waals surface area (Å²) in [5.41, 5.74) is 2.26. The molecule has 0 saturated heterocycles. The average molecular weight is 299 g/mol. The van der Waals surface area contributed by atoms with Crippen LogP contribution in [0.3, 0.4) is 0 Å². The van der Waals surface area contributed by atoms with E-state index < -0.39 is 10.0 Å². The lowest BCUT2D eigenvalue weighted by atomic mass is 10.1. The maximum Gasteiger partial charge on any atom is 0.243 e. The van der Waals surface area contributed by atoms with Crippen LogP contribution in [0, 0.1) is 13.8 Å². The van der Waals surface area contributed by atoms with Gasteiger partial charge in [-0.1, -0.05) is 19.4 Å². The lowest BCUT2D eigenvalue weighted by Gasteiger charge is -2.25. The molecule has 0 fully saturated rings. The molecule has 4 nitrogen and oxygen atoms in total. The molecule has 0 saturated carbocycles. The highest BCUT2D eigenvalue weighted by molar-refractivity contribution is 7.89. The Morgan fingerprint density at radius 3 is 2.40 bits per heavy atom. The first-order chi connectivity index (χ1) is 9.25. The molecule has 20 heavy (non-hydrogen) atoms. The Hall–Kier alpha value is -0.910. The molecule has 5 heteroatoms. The van der Waals surface area contributed by atoms with Crippen LogP contribution in [0.25, 0.3) is 0 Å². The van der Waals surface area contributed by atoms with Gasteiger partial charge in [0.2, 0.25) is 10.0 Å². The molecule has 0 aliphatic rings. The molecule has 114 valence electrons. The molecule has 0 radical (unpaired) electrons. The number of hydrogen-bond acceptors (Lipinski definition) is 3. The van der Waals surface area contributed by atoms with Gasteiger partial charge in [0.15, 0.2) is 0 Å². The second-order valence-corrected chi connectivity index (χ2v) is 7.32. The number of aliphatic hydroxyl groups is 1. The molecule has 0 aliphatic heterocycles. The van der Waals surface area contributed by atoms with Crippen molar-refractivity contribution >= 4 is 10.0 Å². The van der Waals surface area contributed by atoms with Crippen molar-refractivity contribution < 1.29 is 13.5 Å². The molecule has 1 atom stereocenters. The molecule has 0 aliphatic carbocycles. The molecule has 1 aromatic carbocycles. The first-order valence-electron chi connectivity index (χ1n) is 6.94. The summed E-state index contributed by atoms with van der Waals surface area (Å²) in [4.78, 5) is 0.298. The first kappa shape index (κ1) is 17.1. The van der Waals surface area contributed by atoms with E-state index in [1.54, 1.807) is 13.1 Å². The predicted octanol–water partition coefficient (Wildman–Crippen LogP) is 2.60. The predicted molar refractivity (Wildman–Crippen MR) is 81.2 cm³/mol. The van der Waals surface area contributed by atoms with Crippen molar-refractivity contribution in [2.75, 3.05) is 7.05 Å². The SMILES string of the molecule is CCCC(C)N(C)S(=O)(=O)c1cc(CO)cc(C)c1C. The number of sulfonamides is 1. The topological polar surface area (TPSA) is 57.6 Å². The molecule has 1 N–H and O–H groups in total. The lowest BCUT2D eigenvalue weighted by Crippen LogP contribution is -2.35. The van der Waals surface area contributed by atoms with Crippen molar-refractivity contribution in [2.45, 2.75) is 58.1 Å². The number of nitrogens with zero attached hydrogens (tertiary/aromatic N) is 1. The van der Waals surface area contributed by atoms with E-state index in [2.05, 4.69) is 0 Å². The maximum absolute atomic E-state index is 12.7. The monoisotopic (exact) mass is 299 g/mol. The summed E-state index contributed by atoms with van der Waals surface area (Å²) in [7, 11) is -1.90. The summed E-state index contributed by atoms with van der Waals surface area (Å²) in [6, 6.07) is 3.36. The minimum absolute atomic E-state index is 0.0394. The van der Waals surface area contributed by atoms with E-state index in [0.29, 0.717) is 10.5 Å². The summed E-state index contributed by atoms with van der Waals surface area (Å²) < 4.78 is 26.9. The van der Waals surface area contributed by atoms with E-state index in [-0.39, 0.29) is 12.6 Å². The third-order valence-corrected chi connectivity index (χ3v) is 5.94. The minimum Gasteiger partial charge on any atom is -0.392 e. The Bertz CT molecular complexity index is 567. The minimum atomic E-state index is -3.52. The van der Waals surface area contributed by atoms with Gasteiger partial charge in [0.1, 0.15) is 0 Å². The smallest absolute Gasteiger partial charge is 0.243 e. The van der Waals surface area contributed by atoms with Crippen LogP contribution >= 0.6 is 0 Å². The standard InChI is InChI=1S/C15H25NO3S/c1-6-7-12(3)16(5)20(18,19)15-9-14(10-17)8-11(2)13(15)4/h8-9,12,17H,6-7,10H2,1-5H3. The Labute approximate surface area is 122 Å². The van der Waals surface area contributed by atoms with Gasteiger partial charge < -0.3 is 5.11 Å². The van der Waals surface area contributed by atoms with Crippen molar-refractivity contribution in [3.05, 3.63) is 28.8 Å². The maximum atomic E-state index is 12.7. The Balaban J connectivity index is 3.31. The summed E-state index contributed by atoms with van der Waals surface area (Å²) in [5, 5.41) is 9.27. The van der Waals surface area contributed by atoms with Crippen LogP contribution in [0.5, 0.6) is 0 Å². The van der Waals surface area contributed by atoms with Gasteiger partial charge in [-0.25, -0.2) is 8.42 Å². The molecule has 0 bridgehead atoms. The summed E-state index contributed by atoms with van der Waals surface area (Å²) in [6.45, 7) is 7.47. The van der Waals surface area contributed by atoms with Crippen LogP contribution < -0.4 is 0 Å². The van der Waals surface area contributed by atoms with E-state index in [1.807, 2.05) is 33.8 Å². The van der Waals surface area contributed by atoms with Gasteiger partial charge in [0.05, 0.1) is 11.5 Å². The largest absolute Gasteiger partial charge is 0.392 e. The zero-order valence-electron chi connectivity index (χ0n) is 13.0. The van der Waals surface area contributed by atoms with Gasteiger partial charge in [0, 0.05) is 13.1 Å². The first-order valence-corrected chi connectivity index (χ1v) is 8.38. The summed E-state index contributed by atoms with van der Waals surface area (Å²) >= 11 is 0. The van der Waals surface area contributed by atoms with Crippen LogP contribution in [-0.2, 0) is 16.6 Å². The molecule has 1 unspecified atom stereocenters. The van der Waals surface area contributed by atoms with Crippen molar-refractivity contribution in [3.8, 4) is 0 Å². The van der Waals surface area contributed by atoms with Gasteiger partial charge >= 0.3 is 0 Å². The highest BCUT2D eigenvalue weighted by atomic mass is 32.2. The Morgan fingerprint density at radius 1 is 1.30 bits per heavy atom. The van der Waals surface area contributed by atoms with Crippen molar-refractivity contribution in [3.63, 3.8) is 0 Å². The molecule has 1 aromatic rings. The van der Waals surface area contributed by atoms with Gasteiger partial charge in [0.25, 0.3) is 0 Å². The average Bonchev–Trinajstić information content (AvgIpc) is 2.40. The van der Waals surface area contributed by atoms with Gasteiger partial charge in [-0.2, -0.15) is 4.31 Å². The highest BCUT2D eigenvalue weighted by Crippen LogP contribution is 2.25. The van der Waals surface area contributed by atoms with Crippen molar-refractivity contribution in [2.24, 2.45) is 0 Å². The Morgan fingerprint density at radius 2 is 1.90 bits per heavy atom. The van der Waals surface area contributed by atoms with Crippen LogP contribution in [0.2, 0.25) is 0 Å². The second kappa shape index (κ2) is 6.70. The zero-order chi connectivity index (χ0) is 15.5. The van der Waals surface area contributed by atoms with Crippen LogP contribution in [-0.4, -0.2) is 30.9 Å². The van der Waals surface area contributed by atoms with E-state index >= 15 is 0 Å². The molecular weight excluding hydrogens is 274 g/mol. The van der Waals surface area contributed by atoms with E-state index in [1.165, 1.54) is 4.31 Å². The zero-order valence-corrected chi connectivity index (χ0v) is 13.8. The highest BCUT2D eigenvalue weighted by Gasteiger charge is 2.27. The number of hydrogen-bond donors (Lipinski definition) is 1. The van der Waals surface area contributed by atoms with Gasteiger partial charge in [-0.3, -0.25) is 0 Å². The van der Waals surface area contributed by atoms with Crippen molar-refractivity contribution in [1.82, 2.24) is 4.31 Å². The van der Waals surface area contributed by atoms with Gasteiger partial charge in [-0.05, 0) is 49.9 Å². The number of rotatable bonds is 6. The normalized spacial score (nSPS) is 13.8. The molecular formula is C15H25NO3S. The fourth-order valence-electron chi connectivity index (χ4n) is 2.25. The summed E-state index contributed by atoms with van der Waals surface area (Å²) in [5.74, 6) is 0. The quantitative estimate of drug-likeness (QED) is 0.878. The third-order valence-electron chi connectivity index (χ3n) is 3.85. The third kappa shape index (κ3) is 3.40. The molecule has 0 aromatic heterocycles. The molecule has 0 spiro atoms. The molecule has 0 heterocycles. The molecule has 1 rings (SSSR count). The molecule has 0 amide bonds. The number of aliphatic hydroxyl groups excluding tert-OH is 1. The number of benzene rings is 1. The number of aryl methyl sites for hydroxylation is 1.